The van der Waals surface area contributed by atoms with Crippen molar-refractivity contribution >= 4 is 41.3 Å². The lowest BCUT2D eigenvalue weighted by Crippen LogP contribution is -2.38. The molecule has 0 spiro atoms. The molecule has 1 rings (SSSR count). The molecule has 0 radical (unpaired) electrons. The van der Waals surface area contributed by atoms with Crippen molar-refractivity contribution in [2.75, 3.05) is 32.8 Å². The fourth-order valence-corrected chi connectivity index (χ4v) is 2.63. The van der Waals surface area contributed by atoms with E-state index in [-0.39, 0.29) is 24.0 Å². The summed E-state index contributed by atoms with van der Waals surface area (Å²) in [6.45, 7) is 9.22. The summed E-state index contributed by atoms with van der Waals surface area (Å²) < 4.78 is 43.0. The Morgan fingerprint density at radius 2 is 2.04 bits per heavy atom. The first kappa shape index (κ1) is 25.4. The van der Waals surface area contributed by atoms with Crippen LogP contribution in [0.25, 0.3) is 0 Å². The second-order valence-corrected chi connectivity index (χ2v) is 6.80. The Bertz CT molecular complexity index is 524. The highest BCUT2D eigenvalue weighted by molar-refractivity contribution is 14.0. The van der Waals surface area contributed by atoms with Crippen molar-refractivity contribution in [3.8, 4) is 0 Å². The van der Waals surface area contributed by atoms with Gasteiger partial charge in [0, 0.05) is 31.5 Å². The molecule has 0 aromatic carbocycles. The summed E-state index contributed by atoms with van der Waals surface area (Å²) in [5.41, 5.74) is -0.827. The molecule has 1 aromatic rings. The maximum Gasteiger partial charge on any atom is 0.434 e. The van der Waals surface area contributed by atoms with Crippen molar-refractivity contribution in [3.05, 3.63) is 16.1 Å². The summed E-state index contributed by atoms with van der Waals surface area (Å²) in [5, 5.41) is 7.69. The van der Waals surface area contributed by atoms with E-state index in [0.717, 1.165) is 29.7 Å². The van der Waals surface area contributed by atoms with Crippen LogP contribution in [-0.4, -0.2) is 43.8 Å². The van der Waals surface area contributed by atoms with Gasteiger partial charge in [-0.1, -0.05) is 13.8 Å². The number of aromatic nitrogens is 1. The molecule has 1 heterocycles. The molecule has 0 amide bonds. The first-order valence-corrected chi connectivity index (χ1v) is 9.32. The van der Waals surface area contributed by atoms with Crippen LogP contribution in [0.1, 0.15) is 37.9 Å². The van der Waals surface area contributed by atoms with Gasteiger partial charge in [-0.25, -0.2) is 4.98 Å². The van der Waals surface area contributed by atoms with Gasteiger partial charge in [0.2, 0.25) is 0 Å². The van der Waals surface area contributed by atoms with Crippen LogP contribution >= 0.6 is 35.3 Å². The number of guanidine groups is 1. The third kappa shape index (κ3) is 11.2. The molecule has 26 heavy (non-hydrogen) atoms. The minimum atomic E-state index is -4.38. The number of hydrogen-bond donors (Lipinski definition) is 2. The number of alkyl halides is 3. The molecule has 2 N–H and O–H groups in total. The molecule has 0 aliphatic carbocycles. The van der Waals surface area contributed by atoms with E-state index in [1.54, 1.807) is 0 Å². The lowest BCUT2D eigenvalue weighted by atomic mass is 10.1. The molecule has 0 atom stereocenters. The maximum absolute atomic E-state index is 12.5. The molecule has 0 aliphatic heterocycles. The number of ether oxygens (including phenoxy) is 1. The number of hydrogen-bond acceptors (Lipinski definition) is 4. The van der Waals surface area contributed by atoms with Gasteiger partial charge in [0.05, 0.1) is 18.2 Å². The maximum atomic E-state index is 12.5. The number of thiazole rings is 1. The first-order chi connectivity index (χ1) is 11.8. The largest absolute Gasteiger partial charge is 0.434 e. The predicted octanol–water partition coefficient (Wildman–Crippen LogP) is 3.94. The molecular weight excluding hydrogens is 480 g/mol. The van der Waals surface area contributed by atoms with E-state index in [2.05, 4.69) is 34.5 Å². The summed E-state index contributed by atoms with van der Waals surface area (Å²) in [4.78, 5) is 7.99. The van der Waals surface area contributed by atoms with Gasteiger partial charge >= 0.3 is 6.18 Å². The summed E-state index contributed by atoms with van der Waals surface area (Å²) in [6, 6.07) is 0. The zero-order valence-electron chi connectivity index (χ0n) is 15.4. The van der Waals surface area contributed by atoms with Gasteiger partial charge in [-0.05, 0) is 19.3 Å². The molecule has 5 nitrogen and oxygen atoms in total. The Hall–Kier alpha value is -0.620. The number of nitrogens with zero attached hydrogens (tertiary/aromatic N) is 2. The van der Waals surface area contributed by atoms with Crippen LogP contribution in [0.4, 0.5) is 13.2 Å². The molecule has 0 fully saturated rings. The molecule has 0 aliphatic rings. The minimum absolute atomic E-state index is 0. The average molecular weight is 508 g/mol. The third-order valence-corrected chi connectivity index (χ3v) is 4.07. The van der Waals surface area contributed by atoms with Crippen LogP contribution in [0.15, 0.2) is 10.4 Å². The van der Waals surface area contributed by atoms with Crippen molar-refractivity contribution in [1.29, 1.82) is 0 Å². The molecule has 1 aromatic heterocycles. The average Bonchev–Trinajstić information content (AvgIpc) is 2.99. The Balaban J connectivity index is 0.00000625. The first-order valence-electron chi connectivity index (χ1n) is 8.44. The van der Waals surface area contributed by atoms with Crippen LogP contribution < -0.4 is 10.6 Å². The number of nitrogens with one attached hydrogen (secondary N) is 2. The Labute approximate surface area is 174 Å². The second kappa shape index (κ2) is 13.5. The Morgan fingerprint density at radius 3 is 2.62 bits per heavy atom. The van der Waals surface area contributed by atoms with Crippen LogP contribution in [-0.2, 0) is 17.3 Å². The van der Waals surface area contributed by atoms with Gasteiger partial charge < -0.3 is 15.4 Å². The van der Waals surface area contributed by atoms with Crippen LogP contribution in [0.5, 0.6) is 0 Å². The van der Waals surface area contributed by atoms with E-state index >= 15 is 0 Å². The lowest BCUT2D eigenvalue weighted by Gasteiger charge is -2.11. The summed E-state index contributed by atoms with van der Waals surface area (Å²) in [6.07, 6.45) is -2.94. The smallest absolute Gasteiger partial charge is 0.380 e. The van der Waals surface area contributed by atoms with Gasteiger partial charge in [-0.3, -0.25) is 4.99 Å². The molecule has 152 valence electrons. The van der Waals surface area contributed by atoms with E-state index in [1.807, 2.05) is 6.92 Å². The fraction of sp³-hybridized carbons (Fsp3) is 0.750. The third-order valence-electron chi connectivity index (χ3n) is 3.16. The number of halogens is 4. The van der Waals surface area contributed by atoms with E-state index < -0.39 is 11.9 Å². The van der Waals surface area contributed by atoms with Gasteiger partial charge in [-0.2, -0.15) is 13.2 Å². The van der Waals surface area contributed by atoms with Gasteiger partial charge in [0.25, 0.3) is 0 Å². The normalized spacial score (nSPS) is 12.2. The SMILES string of the molecule is CCNC(=NCCOCCC(C)C)NCCc1nc(C(F)(F)F)cs1.I. The quantitative estimate of drug-likeness (QED) is 0.218. The molecule has 10 heteroatoms. The highest BCUT2D eigenvalue weighted by Crippen LogP contribution is 2.29. The van der Waals surface area contributed by atoms with Crippen molar-refractivity contribution in [2.45, 2.75) is 39.8 Å². The highest BCUT2D eigenvalue weighted by Gasteiger charge is 2.33. The predicted molar refractivity (Wildman–Crippen MR) is 110 cm³/mol. The van der Waals surface area contributed by atoms with Crippen molar-refractivity contribution in [1.82, 2.24) is 15.6 Å². The van der Waals surface area contributed by atoms with Crippen molar-refractivity contribution in [3.63, 3.8) is 0 Å². The van der Waals surface area contributed by atoms with E-state index in [1.165, 1.54) is 0 Å². The lowest BCUT2D eigenvalue weighted by molar-refractivity contribution is -0.140. The number of aliphatic imine (C=N–C) groups is 1. The molecule has 0 saturated carbocycles. The van der Waals surface area contributed by atoms with Crippen molar-refractivity contribution < 1.29 is 17.9 Å². The minimum Gasteiger partial charge on any atom is -0.380 e. The van der Waals surface area contributed by atoms with Gasteiger partial charge in [0.1, 0.15) is 0 Å². The van der Waals surface area contributed by atoms with Crippen LogP contribution in [0, 0.1) is 5.92 Å². The Morgan fingerprint density at radius 1 is 1.31 bits per heavy atom. The summed E-state index contributed by atoms with van der Waals surface area (Å²) >= 11 is 1.02. The molecular formula is C16H28F3IN4OS. The zero-order valence-corrected chi connectivity index (χ0v) is 18.5. The zero-order chi connectivity index (χ0) is 18.7. The monoisotopic (exact) mass is 508 g/mol. The van der Waals surface area contributed by atoms with Crippen LogP contribution in [0.2, 0.25) is 0 Å². The van der Waals surface area contributed by atoms with E-state index in [0.29, 0.717) is 49.5 Å². The van der Waals surface area contributed by atoms with Gasteiger partial charge in [0.15, 0.2) is 11.7 Å². The molecule has 0 unspecified atom stereocenters. The summed E-state index contributed by atoms with van der Waals surface area (Å²) in [7, 11) is 0. The highest BCUT2D eigenvalue weighted by atomic mass is 127. The Kier molecular flexibility index (Phi) is 13.2. The standard InChI is InChI=1S/C16H27F3N4OS.HI/c1-4-20-15(22-8-10-24-9-6-12(2)3)21-7-5-14-23-13(11-25-14)16(17,18)19;/h11-12H,4-10H2,1-3H3,(H2,20,21,22);1H. The molecule has 0 saturated heterocycles. The fourth-order valence-electron chi connectivity index (χ4n) is 1.83. The van der Waals surface area contributed by atoms with Gasteiger partial charge in [-0.15, -0.1) is 35.3 Å². The topological polar surface area (TPSA) is 58.5 Å². The number of rotatable bonds is 10. The van der Waals surface area contributed by atoms with Crippen LogP contribution in [0.3, 0.4) is 0 Å². The van der Waals surface area contributed by atoms with E-state index in [9.17, 15) is 13.2 Å². The second-order valence-electron chi connectivity index (χ2n) is 5.86. The van der Waals surface area contributed by atoms with Crippen molar-refractivity contribution in [2.24, 2.45) is 10.9 Å². The molecule has 0 bridgehead atoms. The van der Waals surface area contributed by atoms with E-state index in [4.69, 9.17) is 4.74 Å². The summed E-state index contributed by atoms with van der Waals surface area (Å²) in [5.74, 6) is 1.24.